The molecule has 3 heteroatoms. The van der Waals surface area contributed by atoms with Crippen LogP contribution >= 0.6 is 11.3 Å². The first-order valence-electron chi connectivity index (χ1n) is 16.3. The Morgan fingerprint density at radius 3 is 2.12 bits per heavy atom. The number of benzene rings is 7. The number of hydrogen-bond donors (Lipinski definition) is 0. The summed E-state index contributed by atoms with van der Waals surface area (Å²) in [7, 11) is 0. The van der Waals surface area contributed by atoms with Crippen LogP contribution < -0.4 is 0 Å². The highest BCUT2D eigenvalue weighted by atomic mass is 32.1. The first kappa shape index (κ1) is 27.2. The quantitative estimate of drug-likeness (QED) is 0.140. The van der Waals surface area contributed by atoms with Crippen LogP contribution in [-0.4, -0.2) is 4.57 Å². The van der Waals surface area contributed by atoms with Crippen LogP contribution in [0.3, 0.4) is 0 Å². The van der Waals surface area contributed by atoms with Gasteiger partial charge in [-0.3, -0.25) is 0 Å². The SMILES string of the molecule is C=C/C=C\c1c(C)oc2ccc(-c3ccc(-n4c5ccccc5c5c6ccc7c(ccc8sc9ccccc9c87)c6ccc54)cc3)cc12. The molecule has 226 valence electrons. The Morgan fingerprint density at radius 2 is 1.29 bits per heavy atom. The van der Waals surface area contributed by atoms with E-state index in [1.54, 1.807) is 6.08 Å². The zero-order valence-electron chi connectivity index (χ0n) is 26.3. The fraction of sp³-hybridized carbons (Fsp3) is 0.0222. The lowest BCUT2D eigenvalue weighted by Gasteiger charge is -2.11. The molecule has 0 unspecified atom stereocenters. The third kappa shape index (κ3) is 3.86. The summed E-state index contributed by atoms with van der Waals surface area (Å²) in [4.78, 5) is 0. The molecule has 3 aromatic heterocycles. The average molecular weight is 632 g/mol. The van der Waals surface area contributed by atoms with Crippen LogP contribution in [-0.2, 0) is 0 Å². The van der Waals surface area contributed by atoms with E-state index in [1.165, 1.54) is 69.1 Å². The standard InChI is InChI=1S/C45H29NOS/c1-3-4-9-31-27(2)47-41-24-16-29(26-38(31)41)28-14-17-30(18-15-28)46-39-12-7-5-10-36(39)44-34-19-20-35-33(32(34)21-23-40(44)46)22-25-43-45(35)37-11-6-8-13-42(37)48-43/h3-26H,1H2,2H3/b9-4-. The van der Waals surface area contributed by atoms with Crippen molar-refractivity contribution in [3.63, 3.8) is 0 Å². The highest BCUT2D eigenvalue weighted by Crippen LogP contribution is 2.43. The number of hydrogen-bond acceptors (Lipinski definition) is 2. The van der Waals surface area contributed by atoms with E-state index in [0.717, 1.165) is 33.5 Å². The van der Waals surface area contributed by atoms with Gasteiger partial charge in [0.1, 0.15) is 11.3 Å². The molecule has 3 heterocycles. The molecule has 7 aromatic carbocycles. The molecule has 10 rings (SSSR count). The minimum Gasteiger partial charge on any atom is -0.461 e. The molecule has 0 atom stereocenters. The number of rotatable bonds is 4. The van der Waals surface area contributed by atoms with Crippen LogP contribution in [0.1, 0.15) is 11.3 Å². The van der Waals surface area contributed by atoms with Gasteiger partial charge in [0.15, 0.2) is 0 Å². The molecule has 0 radical (unpaired) electrons. The second-order valence-corrected chi connectivity index (χ2v) is 13.6. The van der Waals surface area contributed by atoms with E-state index in [9.17, 15) is 0 Å². The molecular weight excluding hydrogens is 603 g/mol. The van der Waals surface area contributed by atoms with Gasteiger partial charge in [0.05, 0.1) is 11.0 Å². The van der Waals surface area contributed by atoms with Gasteiger partial charge in [-0.05, 0) is 88.1 Å². The zero-order valence-corrected chi connectivity index (χ0v) is 27.1. The van der Waals surface area contributed by atoms with E-state index in [0.29, 0.717) is 0 Å². The molecule has 0 aliphatic heterocycles. The normalized spacial score (nSPS) is 12.3. The predicted molar refractivity (Wildman–Crippen MR) is 208 cm³/mol. The molecule has 0 N–H and O–H groups in total. The summed E-state index contributed by atoms with van der Waals surface area (Å²) < 4.78 is 11.1. The first-order valence-corrected chi connectivity index (χ1v) is 17.1. The van der Waals surface area contributed by atoms with Gasteiger partial charge in [-0.15, -0.1) is 11.3 Å². The van der Waals surface area contributed by atoms with E-state index in [1.807, 2.05) is 24.3 Å². The monoisotopic (exact) mass is 631 g/mol. The Morgan fingerprint density at radius 1 is 0.583 bits per heavy atom. The fourth-order valence-corrected chi connectivity index (χ4v) is 8.91. The van der Waals surface area contributed by atoms with Gasteiger partial charge < -0.3 is 8.98 Å². The van der Waals surface area contributed by atoms with Crippen LogP contribution in [0.15, 0.2) is 151 Å². The van der Waals surface area contributed by atoms with E-state index in [-0.39, 0.29) is 0 Å². The summed E-state index contributed by atoms with van der Waals surface area (Å²) in [6.07, 6.45) is 5.82. The molecule has 0 spiro atoms. The van der Waals surface area contributed by atoms with E-state index in [4.69, 9.17) is 4.42 Å². The molecule has 0 aliphatic rings. The highest BCUT2D eigenvalue weighted by Gasteiger charge is 2.17. The van der Waals surface area contributed by atoms with E-state index < -0.39 is 0 Å². The smallest absolute Gasteiger partial charge is 0.134 e. The minimum atomic E-state index is 0.898. The largest absolute Gasteiger partial charge is 0.461 e. The summed E-state index contributed by atoms with van der Waals surface area (Å²) in [5.74, 6) is 0.913. The Hall–Kier alpha value is -5.90. The average Bonchev–Trinajstić information content (AvgIpc) is 3.78. The van der Waals surface area contributed by atoms with Crippen LogP contribution in [0, 0.1) is 6.92 Å². The second-order valence-electron chi connectivity index (χ2n) is 12.5. The highest BCUT2D eigenvalue weighted by molar-refractivity contribution is 7.26. The van der Waals surface area contributed by atoms with Gasteiger partial charge in [0.2, 0.25) is 0 Å². The minimum absolute atomic E-state index is 0.898. The number of nitrogens with zero attached hydrogens (tertiary/aromatic N) is 1. The summed E-state index contributed by atoms with van der Waals surface area (Å²) in [6.45, 7) is 5.84. The number of aryl methyl sites for hydroxylation is 1. The summed E-state index contributed by atoms with van der Waals surface area (Å²) in [5, 5.41) is 11.6. The van der Waals surface area contributed by atoms with Gasteiger partial charge in [0, 0.05) is 47.6 Å². The topological polar surface area (TPSA) is 18.1 Å². The summed E-state index contributed by atoms with van der Waals surface area (Å²) in [5.41, 5.74) is 7.90. The van der Waals surface area contributed by atoms with Crippen molar-refractivity contribution in [2.45, 2.75) is 6.92 Å². The Bertz CT molecular complexity index is 2970. The van der Waals surface area contributed by atoms with E-state index in [2.05, 4.69) is 145 Å². The third-order valence-electron chi connectivity index (χ3n) is 9.94. The lowest BCUT2D eigenvalue weighted by molar-refractivity contribution is 0.577. The fourth-order valence-electron chi connectivity index (χ4n) is 7.78. The van der Waals surface area contributed by atoms with Crippen molar-refractivity contribution < 1.29 is 4.42 Å². The van der Waals surface area contributed by atoms with Gasteiger partial charge in [0.25, 0.3) is 0 Å². The zero-order chi connectivity index (χ0) is 31.9. The molecule has 10 aromatic rings. The second kappa shape index (κ2) is 10.3. The van der Waals surface area contributed by atoms with Crippen LogP contribution in [0.2, 0.25) is 0 Å². The number of aromatic nitrogens is 1. The molecule has 0 amide bonds. The Kier molecular flexibility index (Phi) is 5.84. The molecular formula is C45H29NOS. The lowest BCUT2D eigenvalue weighted by atomic mass is 9.96. The van der Waals surface area contributed by atoms with Crippen molar-refractivity contribution >= 4 is 91.9 Å². The molecule has 0 bridgehead atoms. The molecule has 0 fully saturated rings. The first-order chi connectivity index (χ1) is 23.7. The molecule has 0 saturated carbocycles. The van der Waals surface area contributed by atoms with Gasteiger partial charge >= 0.3 is 0 Å². The van der Waals surface area contributed by atoms with Gasteiger partial charge in [-0.25, -0.2) is 0 Å². The summed E-state index contributed by atoms with van der Waals surface area (Å²) in [6, 6.07) is 46.9. The number of thiophene rings is 1. The predicted octanol–water partition coefficient (Wildman–Crippen LogP) is 13.4. The van der Waals surface area contributed by atoms with Crippen LogP contribution in [0.4, 0.5) is 0 Å². The van der Waals surface area contributed by atoms with Gasteiger partial charge in [-0.2, -0.15) is 0 Å². The van der Waals surface area contributed by atoms with Gasteiger partial charge in [-0.1, -0.05) is 104 Å². The number of fused-ring (bicyclic) bond motifs is 12. The number of furan rings is 1. The maximum absolute atomic E-state index is 6.03. The lowest BCUT2D eigenvalue weighted by Crippen LogP contribution is -1.93. The van der Waals surface area contributed by atoms with Crippen LogP contribution in [0.25, 0.3) is 97.4 Å². The molecule has 48 heavy (non-hydrogen) atoms. The summed E-state index contributed by atoms with van der Waals surface area (Å²) >= 11 is 1.88. The van der Waals surface area contributed by atoms with Crippen molar-refractivity contribution in [3.05, 3.63) is 157 Å². The van der Waals surface area contributed by atoms with E-state index >= 15 is 0 Å². The van der Waals surface area contributed by atoms with Crippen LogP contribution in [0.5, 0.6) is 0 Å². The molecule has 0 aliphatic carbocycles. The Labute approximate surface area is 281 Å². The van der Waals surface area contributed by atoms with Crippen molar-refractivity contribution in [1.82, 2.24) is 4.57 Å². The van der Waals surface area contributed by atoms with Crippen molar-refractivity contribution in [1.29, 1.82) is 0 Å². The Balaban J connectivity index is 1.15. The van der Waals surface area contributed by atoms with Crippen molar-refractivity contribution in [2.75, 3.05) is 0 Å². The molecule has 2 nitrogen and oxygen atoms in total. The third-order valence-corrected chi connectivity index (χ3v) is 11.1. The maximum atomic E-state index is 6.03. The van der Waals surface area contributed by atoms with Crippen molar-refractivity contribution in [3.8, 4) is 16.8 Å². The number of para-hydroxylation sites is 1. The molecule has 0 saturated heterocycles. The maximum Gasteiger partial charge on any atom is 0.134 e. The number of allylic oxidation sites excluding steroid dienone is 2. The van der Waals surface area contributed by atoms with Crippen molar-refractivity contribution in [2.24, 2.45) is 0 Å².